The van der Waals surface area contributed by atoms with Crippen LogP contribution < -0.4 is 4.90 Å². The van der Waals surface area contributed by atoms with Crippen LogP contribution in [0.1, 0.15) is 57.1 Å². The molecule has 1 aliphatic heterocycles. The van der Waals surface area contributed by atoms with Crippen molar-refractivity contribution in [3.63, 3.8) is 0 Å². The summed E-state index contributed by atoms with van der Waals surface area (Å²) in [6, 6.07) is 6.70. The van der Waals surface area contributed by atoms with Gasteiger partial charge in [-0.05, 0) is 56.2 Å². The molecule has 3 rings (SSSR count). The van der Waals surface area contributed by atoms with Crippen molar-refractivity contribution in [3.05, 3.63) is 28.8 Å². The molecule has 1 aliphatic carbocycles. The van der Waals surface area contributed by atoms with E-state index in [-0.39, 0.29) is 0 Å². The number of rotatable bonds is 3. The van der Waals surface area contributed by atoms with Crippen LogP contribution in [0, 0.1) is 5.92 Å². The molecule has 0 radical (unpaired) electrons. The summed E-state index contributed by atoms with van der Waals surface area (Å²) in [7, 11) is 0. The Morgan fingerprint density at radius 3 is 2.60 bits per heavy atom. The molecule has 1 N–H and O–H groups in total. The monoisotopic (exact) mass is 293 g/mol. The van der Waals surface area contributed by atoms with Gasteiger partial charge < -0.3 is 10.0 Å². The van der Waals surface area contributed by atoms with Crippen LogP contribution in [0.5, 0.6) is 0 Å². The summed E-state index contributed by atoms with van der Waals surface area (Å²) in [5.41, 5.74) is 2.06. The predicted octanol–water partition coefficient (Wildman–Crippen LogP) is 4.55. The third-order valence-corrected chi connectivity index (χ3v) is 5.31. The van der Waals surface area contributed by atoms with E-state index < -0.39 is 6.10 Å². The minimum Gasteiger partial charge on any atom is -0.389 e. The van der Waals surface area contributed by atoms with Gasteiger partial charge in [0.2, 0.25) is 0 Å². The Hall–Kier alpha value is -0.730. The van der Waals surface area contributed by atoms with E-state index in [1.807, 2.05) is 12.1 Å². The third-order valence-electron chi connectivity index (χ3n) is 5.01. The number of nitrogens with zero attached hydrogens (tertiary/aromatic N) is 1. The lowest BCUT2D eigenvalue weighted by Crippen LogP contribution is -2.34. The van der Waals surface area contributed by atoms with Gasteiger partial charge in [0.15, 0.2) is 0 Å². The van der Waals surface area contributed by atoms with E-state index >= 15 is 0 Å². The summed E-state index contributed by atoms with van der Waals surface area (Å²) in [4.78, 5) is 2.52. The molecule has 20 heavy (non-hydrogen) atoms. The van der Waals surface area contributed by atoms with Crippen molar-refractivity contribution in [1.29, 1.82) is 0 Å². The van der Waals surface area contributed by atoms with Gasteiger partial charge in [-0.15, -0.1) is 0 Å². The van der Waals surface area contributed by atoms with Gasteiger partial charge in [0, 0.05) is 12.6 Å². The minimum absolute atomic E-state index is 0.453. The van der Waals surface area contributed by atoms with Crippen LogP contribution in [-0.4, -0.2) is 17.7 Å². The number of aliphatic hydroxyl groups is 1. The smallest absolute Gasteiger partial charge is 0.0762 e. The summed E-state index contributed by atoms with van der Waals surface area (Å²) in [6.45, 7) is 2.90. The van der Waals surface area contributed by atoms with Gasteiger partial charge in [0.05, 0.1) is 16.8 Å². The maximum atomic E-state index is 9.66. The lowest BCUT2D eigenvalue weighted by molar-refractivity contribution is 0.199. The molecule has 2 aliphatic rings. The molecule has 2 unspecified atom stereocenters. The van der Waals surface area contributed by atoms with E-state index in [4.69, 9.17) is 11.6 Å². The lowest BCUT2D eigenvalue weighted by Gasteiger charge is -2.32. The molecule has 110 valence electrons. The SMILES string of the molecule is CC(O)c1ccc(N2CCCC2C2CCCC2)c(Cl)c1. The van der Waals surface area contributed by atoms with Gasteiger partial charge in [0.25, 0.3) is 0 Å². The Bertz CT molecular complexity index is 468. The third kappa shape index (κ3) is 2.68. The van der Waals surface area contributed by atoms with Crippen molar-refractivity contribution in [2.75, 3.05) is 11.4 Å². The van der Waals surface area contributed by atoms with Crippen LogP contribution in [-0.2, 0) is 0 Å². The Morgan fingerprint density at radius 1 is 1.20 bits per heavy atom. The fraction of sp³-hybridized carbons (Fsp3) is 0.647. The fourth-order valence-electron chi connectivity index (χ4n) is 3.94. The first-order valence-corrected chi connectivity index (χ1v) is 8.29. The second-order valence-corrected chi connectivity index (χ2v) is 6.74. The lowest BCUT2D eigenvalue weighted by atomic mass is 9.95. The number of anilines is 1. The zero-order valence-corrected chi connectivity index (χ0v) is 12.9. The molecule has 0 amide bonds. The number of hydrogen-bond acceptors (Lipinski definition) is 2. The molecule has 0 spiro atoms. The molecule has 1 saturated carbocycles. The first kappa shape index (κ1) is 14.2. The quantitative estimate of drug-likeness (QED) is 0.883. The number of aliphatic hydroxyl groups excluding tert-OH is 1. The van der Waals surface area contributed by atoms with Crippen LogP contribution in [0.3, 0.4) is 0 Å². The molecule has 2 fully saturated rings. The van der Waals surface area contributed by atoms with Crippen LogP contribution in [0.2, 0.25) is 5.02 Å². The zero-order valence-electron chi connectivity index (χ0n) is 12.2. The van der Waals surface area contributed by atoms with Crippen LogP contribution in [0.25, 0.3) is 0 Å². The Balaban J connectivity index is 1.83. The molecule has 1 saturated heterocycles. The maximum Gasteiger partial charge on any atom is 0.0762 e. The molecule has 0 aromatic heterocycles. The van der Waals surface area contributed by atoms with Gasteiger partial charge in [-0.3, -0.25) is 0 Å². The second-order valence-electron chi connectivity index (χ2n) is 6.33. The first-order valence-electron chi connectivity index (χ1n) is 7.91. The summed E-state index contributed by atoms with van der Waals surface area (Å²) in [6.07, 6.45) is 7.67. The van der Waals surface area contributed by atoms with Gasteiger partial charge in [-0.2, -0.15) is 0 Å². The second kappa shape index (κ2) is 5.95. The zero-order chi connectivity index (χ0) is 14.1. The average molecular weight is 294 g/mol. The van der Waals surface area contributed by atoms with Crippen molar-refractivity contribution in [1.82, 2.24) is 0 Å². The Kier molecular flexibility index (Phi) is 4.23. The molecule has 3 heteroatoms. The highest BCUT2D eigenvalue weighted by Crippen LogP contribution is 2.40. The number of benzene rings is 1. The van der Waals surface area contributed by atoms with Crippen molar-refractivity contribution >= 4 is 17.3 Å². The van der Waals surface area contributed by atoms with Crippen molar-refractivity contribution in [2.24, 2.45) is 5.92 Å². The normalized spacial score (nSPS) is 25.4. The molecule has 2 nitrogen and oxygen atoms in total. The summed E-state index contributed by atoms with van der Waals surface area (Å²) in [5.74, 6) is 0.852. The van der Waals surface area contributed by atoms with Gasteiger partial charge in [-0.25, -0.2) is 0 Å². The molecular formula is C17H24ClNO. The summed E-state index contributed by atoms with van der Waals surface area (Å²) in [5, 5.41) is 10.4. The summed E-state index contributed by atoms with van der Waals surface area (Å²) < 4.78 is 0. The standard InChI is InChI=1S/C17H24ClNO/c1-12(20)14-8-9-17(15(18)11-14)19-10-4-7-16(19)13-5-2-3-6-13/h8-9,11-13,16,20H,2-7,10H2,1H3. The Morgan fingerprint density at radius 2 is 1.95 bits per heavy atom. The molecular weight excluding hydrogens is 270 g/mol. The van der Waals surface area contributed by atoms with Crippen LogP contribution in [0.4, 0.5) is 5.69 Å². The fourth-order valence-corrected chi connectivity index (χ4v) is 4.24. The molecule has 1 aromatic carbocycles. The van der Waals surface area contributed by atoms with Crippen LogP contribution >= 0.6 is 11.6 Å². The van der Waals surface area contributed by atoms with Crippen LogP contribution in [0.15, 0.2) is 18.2 Å². The Labute approximate surface area is 126 Å². The van der Waals surface area contributed by atoms with E-state index in [9.17, 15) is 5.11 Å². The molecule has 1 aromatic rings. The van der Waals surface area contributed by atoms with E-state index in [0.29, 0.717) is 6.04 Å². The summed E-state index contributed by atoms with van der Waals surface area (Å²) >= 11 is 6.47. The first-order chi connectivity index (χ1) is 9.66. The number of hydrogen-bond donors (Lipinski definition) is 1. The van der Waals surface area contributed by atoms with Gasteiger partial charge in [-0.1, -0.05) is 30.5 Å². The number of halogens is 1. The average Bonchev–Trinajstić information content (AvgIpc) is 3.09. The highest BCUT2D eigenvalue weighted by atomic mass is 35.5. The maximum absolute atomic E-state index is 9.66. The topological polar surface area (TPSA) is 23.5 Å². The highest BCUT2D eigenvalue weighted by Gasteiger charge is 2.34. The van der Waals surface area contributed by atoms with Gasteiger partial charge in [0.1, 0.15) is 0 Å². The van der Waals surface area contributed by atoms with Crippen molar-refractivity contribution in [3.8, 4) is 0 Å². The highest BCUT2D eigenvalue weighted by molar-refractivity contribution is 6.33. The largest absolute Gasteiger partial charge is 0.389 e. The predicted molar refractivity (Wildman–Crippen MR) is 84.4 cm³/mol. The van der Waals surface area contributed by atoms with Gasteiger partial charge >= 0.3 is 0 Å². The minimum atomic E-state index is -0.453. The van der Waals surface area contributed by atoms with Crippen molar-refractivity contribution in [2.45, 2.75) is 57.6 Å². The van der Waals surface area contributed by atoms with E-state index in [2.05, 4.69) is 11.0 Å². The molecule has 1 heterocycles. The van der Waals surface area contributed by atoms with E-state index in [1.54, 1.807) is 6.92 Å². The van der Waals surface area contributed by atoms with Crippen molar-refractivity contribution < 1.29 is 5.11 Å². The van der Waals surface area contributed by atoms with E-state index in [1.165, 1.54) is 38.5 Å². The van der Waals surface area contributed by atoms with E-state index in [0.717, 1.165) is 28.7 Å². The molecule has 2 atom stereocenters. The molecule has 0 bridgehead atoms.